The van der Waals surface area contributed by atoms with Crippen molar-refractivity contribution in [3.8, 4) is 0 Å². The lowest BCUT2D eigenvalue weighted by Crippen LogP contribution is -2.15. The maximum absolute atomic E-state index is 13.7. The summed E-state index contributed by atoms with van der Waals surface area (Å²) in [5.41, 5.74) is 6.61. The summed E-state index contributed by atoms with van der Waals surface area (Å²) in [6.45, 7) is 3.14. The van der Waals surface area contributed by atoms with Gasteiger partial charge in [0.15, 0.2) is 5.15 Å². The van der Waals surface area contributed by atoms with E-state index in [2.05, 4.69) is 9.71 Å². The fourth-order valence-electron chi connectivity index (χ4n) is 1.67. The lowest BCUT2D eigenvalue weighted by Gasteiger charge is -2.12. The number of anilines is 2. The molecule has 1 heterocycles. The van der Waals surface area contributed by atoms with Gasteiger partial charge in [0.1, 0.15) is 5.82 Å². The average Bonchev–Trinajstić information content (AvgIpc) is 2.40. The van der Waals surface area contributed by atoms with Crippen molar-refractivity contribution in [3.05, 3.63) is 46.5 Å². The van der Waals surface area contributed by atoms with E-state index in [1.54, 1.807) is 13.0 Å². The first-order valence-corrected chi connectivity index (χ1v) is 7.78. The summed E-state index contributed by atoms with van der Waals surface area (Å²) in [4.78, 5) is 3.53. The van der Waals surface area contributed by atoms with Crippen LogP contribution in [0.2, 0.25) is 5.15 Å². The van der Waals surface area contributed by atoms with Crippen LogP contribution in [0.5, 0.6) is 0 Å². The number of nitrogen functional groups attached to an aromatic ring is 1. The molecule has 2 aromatic rings. The third-order valence-corrected chi connectivity index (χ3v) is 4.63. The molecule has 112 valence electrons. The Hall–Kier alpha value is -1.86. The van der Waals surface area contributed by atoms with E-state index in [1.165, 1.54) is 19.2 Å². The largest absolute Gasteiger partial charge is 0.398 e. The van der Waals surface area contributed by atoms with E-state index in [9.17, 15) is 12.8 Å². The molecule has 0 aliphatic carbocycles. The van der Waals surface area contributed by atoms with Crippen molar-refractivity contribution in [2.45, 2.75) is 18.7 Å². The lowest BCUT2D eigenvalue weighted by molar-refractivity contribution is 0.593. The van der Waals surface area contributed by atoms with Gasteiger partial charge in [0.25, 0.3) is 10.0 Å². The number of aryl methyl sites for hydroxylation is 1. The molecule has 3 N–H and O–H groups in total. The van der Waals surface area contributed by atoms with Gasteiger partial charge in [-0.1, -0.05) is 11.6 Å². The Labute approximate surface area is 127 Å². The average molecular weight is 330 g/mol. The molecule has 1 aromatic carbocycles. The quantitative estimate of drug-likeness (QED) is 0.669. The maximum Gasteiger partial charge on any atom is 0.262 e. The van der Waals surface area contributed by atoms with Crippen LogP contribution in [0, 0.1) is 19.7 Å². The summed E-state index contributed by atoms with van der Waals surface area (Å²) in [5.74, 6) is -0.690. The van der Waals surface area contributed by atoms with Crippen molar-refractivity contribution in [2.75, 3.05) is 10.5 Å². The first kappa shape index (κ1) is 15.5. The van der Waals surface area contributed by atoms with Crippen molar-refractivity contribution in [1.29, 1.82) is 0 Å². The number of rotatable bonds is 3. The molecule has 0 saturated carbocycles. The Morgan fingerprint density at radius 3 is 2.57 bits per heavy atom. The van der Waals surface area contributed by atoms with E-state index in [1.807, 2.05) is 0 Å². The molecule has 5 nitrogen and oxygen atoms in total. The monoisotopic (exact) mass is 329 g/mol. The predicted octanol–water partition coefficient (Wildman–Crippen LogP) is 2.87. The minimum atomic E-state index is -4.01. The molecular weight excluding hydrogens is 317 g/mol. The van der Waals surface area contributed by atoms with Gasteiger partial charge >= 0.3 is 0 Å². The summed E-state index contributed by atoms with van der Waals surface area (Å²) < 4.78 is 40.6. The molecular formula is C13H13ClFN3O2S. The van der Waals surface area contributed by atoms with E-state index >= 15 is 0 Å². The van der Waals surface area contributed by atoms with Crippen molar-refractivity contribution in [1.82, 2.24) is 4.98 Å². The molecule has 0 amide bonds. The first-order valence-electron chi connectivity index (χ1n) is 5.92. The van der Waals surface area contributed by atoms with Crippen molar-refractivity contribution >= 4 is 33.0 Å². The fourth-order valence-corrected chi connectivity index (χ4v) is 3.16. The highest BCUT2D eigenvalue weighted by Gasteiger charge is 2.20. The first-order chi connectivity index (χ1) is 9.72. The number of aromatic nitrogens is 1. The smallest absolute Gasteiger partial charge is 0.262 e. The maximum atomic E-state index is 13.7. The number of sulfonamides is 1. The normalized spacial score (nSPS) is 11.4. The highest BCUT2D eigenvalue weighted by molar-refractivity contribution is 7.92. The van der Waals surface area contributed by atoms with Crippen LogP contribution >= 0.6 is 11.6 Å². The third kappa shape index (κ3) is 3.08. The molecule has 0 aliphatic rings. The van der Waals surface area contributed by atoms with Crippen LogP contribution in [0.15, 0.2) is 29.3 Å². The van der Waals surface area contributed by atoms with E-state index < -0.39 is 15.8 Å². The molecule has 2 rings (SSSR count). The summed E-state index contributed by atoms with van der Waals surface area (Å²) in [5, 5.41) is 0.0131. The van der Waals surface area contributed by atoms with Crippen LogP contribution in [0.25, 0.3) is 0 Å². The summed E-state index contributed by atoms with van der Waals surface area (Å²) >= 11 is 5.87. The van der Waals surface area contributed by atoms with E-state index in [0.717, 1.165) is 6.07 Å². The molecule has 21 heavy (non-hydrogen) atoms. The van der Waals surface area contributed by atoms with Crippen LogP contribution in [0.3, 0.4) is 0 Å². The lowest BCUT2D eigenvalue weighted by atomic mass is 10.2. The third-order valence-electron chi connectivity index (χ3n) is 3.02. The molecule has 0 radical (unpaired) electrons. The minimum Gasteiger partial charge on any atom is -0.398 e. The Morgan fingerprint density at radius 1 is 1.33 bits per heavy atom. The molecule has 0 spiro atoms. The molecule has 0 aliphatic heterocycles. The van der Waals surface area contributed by atoms with Gasteiger partial charge in [0, 0.05) is 17.4 Å². The van der Waals surface area contributed by atoms with Gasteiger partial charge in [-0.3, -0.25) is 4.72 Å². The zero-order chi connectivity index (χ0) is 15.8. The highest BCUT2D eigenvalue weighted by atomic mass is 35.5. The topological polar surface area (TPSA) is 85.1 Å². The Bertz CT molecular complexity index is 766. The van der Waals surface area contributed by atoms with Crippen molar-refractivity contribution in [3.63, 3.8) is 0 Å². The molecule has 1 aromatic heterocycles. The van der Waals surface area contributed by atoms with E-state index in [-0.39, 0.29) is 27.0 Å². The Balaban J connectivity index is 2.49. The van der Waals surface area contributed by atoms with Crippen LogP contribution in [-0.4, -0.2) is 13.4 Å². The molecule has 0 saturated heterocycles. The van der Waals surface area contributed by atoms with Crippen molar-refractivity contribution < 1.29 is 12.8 Å². The number of pyridine rings is 1. The van der Waals surface area contributed by atoms with Gasteiger partial charge in [-0.15, -0.1) is 0 Å². The van der Waals surface area contributed by atoms with Gasteiger partial charge < -0.3 is 5.73 Å². The van der Waals surface area contributed by atoms with Crippen LogP contribution in [0.1, 0.15) is 11.1 Å². The number of nitrogens with two attached hydrogens (primary N) is 1. The second kappa shape index (κ2) is 5.50. The van der Waals surface area contributed by atoms with E-state index in [0.29, 0.717) is 5.56 Å². The molecule has 8 heteroatoms. The standard InChI is InChI=1S/C13H13ClFN3O2S/c1-7-3-4-17-13(14)12(7)18-21(19,20)9-5-10(15)8(2)11(16)6-9/h3-6,18H,16H2,1-2H3. The zero-order valence-corrected chi connectivity index (χ0v) is 12.9. The SMILES string of the molecule is Cc1ccnc(Cl)c1NS(=O)(=O)c1cc(N)c(C)c(F)c1. The summed E-state index contributed by atoms with van der Waals surface area (Å²) in [6.07, 6.45) is 1.46. The molecule has 0 unspecified atom stereocenters. The van der Waals surface area contributed by atoms with Gasteiger partial charge in [0.05, 0.1) is 10.6 Å². The second-order valence-corrected chi connectivity index (χ2v) is 6.56. The van der Waals surface area contributed by atoms with Gasteiger partial charge in [-0.05, 0) is 37.6 Å². The van der Waals surface area contributed by atoms with Gasteiger partial charge in [-0.2, -0.15) is 0 Å². The number of benzene rings is 1. The number of nitrogens with zero attached hydrogens (tertiary/aromatic N) is 1. The Morgan fingerprint density at radius 2 is 2.00 bits per heavy atom. The van der Waals surface area contributed by atoms with Crippen LogP contribution in [0.4, 0.5) is 15.8 Å². The van der Waals surface area contributed by atoms with Crippen LogP contribution < -0.4 is 10.5 Å². The highest BCUT2D eigenvalue weighted by Crippen LogP contribution is 2.27. The summed E-state index contributed by atoms with van der Waals surface area (Å²) in [7, 11) is -4.01. The van der Waals surface area contributed by atoms with Crippen molar-refractivity contribution in [2.24, 2.45) is 0 Å². The number of nitrogens with one attached hydrogen (secondary N) is 1. The predicted molar refractivity (Wildman–Crippen MR) is 80.3 cm³/mol. The fraction of sp³-hybridized carbons (Fsp3) is 0.154. The zero-order valence-electron chi connectivity index (χ0n) is 11.3. The number of halogens is 2. The number of hydrogen-bond acceptors (Lipinski definition) is 4. The van der Waals surface area contributed by atoms with E-state index in [4.69, 9.17) is 17.3 Å². The van der Waals surface area contributed by atoms with Crippen LogP contribution in [-0.2, 0) is 10.0 Å². The minimum absolute atomic E-state index is 0.0131. The molecule has 0 atom stereocenters. The van der Waals surface area contributed by atoms with Gasteiger partial charge in [-0.25, -0.2) is 17.8 Å². The molecule has 0 bridgehead atoms. The number of hydrogen-bond donors (Lipinski definition) is 2. The second-order valence-electron chi connectivity index (χ2n) is 4.52. The van der Waals surface area contributed by atoms with Gasteiger partial charge in [0.2, 0.25) is 0 Å². The molecule has 0 fully saturated rings. The Kier molecular flexibility index (Phi) is 4.06. The summed E-state index contributed by atoms with van der Waals surface area (Å²) in [6, 6.07) is 3.71.